The van der Waals surface area contributed by atoms with Gasteiger partial charge in [0.1, 0.15) is 22.3 Å². The summed E-state index contributed by atoms with van der Waals surface area (Å²) in [4.78, 5) is 37.2. The number of benzene rings is 1. The average molecular weight is 492 g/mol. The third-order valence-electron chi connectivity index (χ3n) is 6.42. The van der Waals surface area contributed by atoms with Crippen molar-refractivity contribution in [2.24, 2.45) is 0 Å². The van der Waals surface area contributed by atoms with E-state index in [0.29, 0.717) is 17.5 Å². The van der Waals surface area contributed by atoms with E-state index in [9.17, 15) is 14.9 Å². The first-order valence-electron chi connectivity index (χ1n) is 11.4. The number of aromatic nitrogens is 2. The Balaban J connectivity index is 1.47. The van der Waals surface area contributed by atoms with Crippen molar-refractivity contribution in [3.63, 3.8) is 0 Å². The maximum atomic E-state index is 13.4. The van der Waals surface area contributed by atoms with E-state index in [1.807, 2.05) is 55.1 Å². The Morgan fingerprint density at radius 1 is 1.21 bits per heavy atom. The summed E-state index contributed by atoms with van der Waals surface area (Å²) >= 11 is 2.84. The monoisotopic (exact) mass is 491 g/mol. The number of thioether (sulfide) groups is 1. The van der Waals surface area contributed by atoms with Gasteiger partial charge in [0.15, 0.2) is 10.9 Å². The summed E-state index contributed by atoms with van der Waals surface area (Å²) in [6, 6.07) is 9.93. The van der Waals surface area contributed by atoms with Gasteiger partial charge in [-0.2, -0.15) is 5.26 Å². The molecular weight excluding hydrogens is 466 g/mol. The van der Waals surface area contributed by atoms with E-state index in [1.165, 1.54) is 22.2 Å². The van der Waals surface area contributed by atoms with Crippen molar-refractivity contribution < 1.29 is 4.79 Å². The van der Waals surface area contributed by atoms with Gasteiger partial charge in [0.25, 0.3) is 5.56 Å². The fourth-order valence-corrected chi connectivity index (χ4v) is 7.05. The molecule has 0 atom stereocenters. The molecule has 0 saturated heterocycles. The summed E-state index contributed by atoms with van der Waals surface area (Å²) in [6.45, 7) is 2.58. The smallest absolute Gasteiger partial charge is 0.263 e. The van der Waals surface area contributed by atoms with Gasteiger partial charge in [-0.3, -0.25) is 14.2 Å². The molecule has 0 spiro atoms. The zero-order valence-corrected chi connectivity index (χ0v) is 21.1. The first-order valence-corrected chi connectivity index (χ1v) is 13.2. The van der Waals surface area contributed by atoms with Crippen LogP contribution in [0.15, 0.2) is 45.6 Å². The van der Waals surface area contributed by atoms with Crippen LogP contribution in [0.25, 0.3) is 10.2 Å². The summed E-state index contributed by atoms with van der Waals surface area (Å²) in [5.41, 5.74) is 3.16. The molecule has 174 valence electrons. The number of nitrogens with zero attached hydrogens (tertiary/aromatic N) is 5. The second-order valence-corrected chi connectivity index (χ2v) is 10.5. The van der Waals surface area contributed by atoms with Gasteiger partial charge in [-0.05, 0) is 43.4 Å². The lowest BCUT2D eigenvalue weighted by molar-refractivity contribution is -0.112. The molecule has 2 aliphatic rings. The molecule has 1 aromatic carbocycles. The molecule has 0 amide bonds. The largest absolute Gasteiger partial charge is 0.328 e. The van der Waals surface area contributed by atoms with Crippen LogP contribution in [0.3, 0.4) is 0 Å². The van der Waals surface area contributed by atoms with E-state index in [4.69, 9.17) is 4.98 Å². The highest BCUT2D eigenvalue weighted by atomic mass is 32.2. The van der Waals surface area contributed by atoms with Crippen LogP contribution in [0.5, 0.6) is 0 Å². The number of nitriles is 1. The van der Waals surface area contributed by atoms with E-state index in [2.05, 4.69) is 6.07 Å². The van der Waals surface area contributed by atoms with Crippen molar-refractivity contribution in [2.75, 3.05) is 29.6 Å². The predicted octanol–water partition coefficient (Wildman–Crippen LogP) is 4.34. The van der Waals surface area contributed by atoms with Crippen LogP contribution in [-0.2, 0) is 24.2 Å². The molecule has 0 bridgehead atoms. The normalized spacial score (nSPS) is 14.5. The van der Waals surface area contributed by atoms with Crippen molar-refractivity contribution in [1.29, 1.82) is 5.26 Å². The van der Waals surface area contributed by atoms with Crippen LogP contribution in [0, 0.1) is 11.3 Å². The highest BCUT2D eigenvalue weighted by Gasteiger charge is 2.31. The van der Waals surface area contributed by atoms with E-state index in [0.717, 1.165) is 47.3 Å². The molecule has 1 aliphatic heterocycles. The molecule has 5 rings (SSSR count). The minimum absolute atomic E-state index is 0.00855. The Morgan fingerprint density at radius 3 is 2.56 bits per heavy atom. The number of hydrogen-bond donors (Lipinski definition) is 0. The lowest BCUT2D eigenvalue weighted by Crippen LogP contribution is -2.27. The van der Waals surface area contributed by atoms with Crippen molar-refractivity contribution in [1.82, 2.24) is 9.55 Å². The number of allylic oxidation sites excluding steroid dienone is 1. The van der Waals surface area contributed by atoms with Gasteiger partial charge in [0.05, 0.1) is 22.5 Å². The summed E-state index contributed by atoms with van der Waals surface area (Å²) in [6.07, 6.45) is 3.83. The van der Waals surface area contributed by atoms with Crippen LogP contribution in [0.4, 0.5) is 11.4 Å². The van der Waals surface area contributed by atoms with Crippen LogP contribution >= 0.6 is 23.1 Å². The van der Waals surface area contributed by atoms with Crippen LogP contribution in [0.2, 0.25) is 0 Å². The molecule has 0 saturated carbocycles. The first kappa shape index (κ1) is 22.7. The van der Waals surface area contributed by atoms with Crippen molar-refractivity contribution in [3.05, 3.63) is 56.5 Å². The average Bonchev–Trinajstić information content (AvgIpc) is 3.49. The molecule has 7 nitrogen and oxygen atoms in total. The van der Waals surface area contributed by atoms with Crippen molar-refractivity contribution in [3.8, 4) is 6.07 Å². The predicted molar refractivity (Wildman–Crippen MR) is 138 cm³/mol. The van der Waals surface area contributed by atoms with E-state index < -0.39 is 0 Å². The second-order valence-electron chi connectivity index (χ2n) is 8.52. The van der Waals surface area contributed by atoms with Gasteiger partial charge in [-0.15, -0.1) is 11.3 Å². The highest BCUT2D eigenvalue weighted by Crippen LogP contribution is 2.40. The van der Waals surface area contributed by atoms with Gasteiger partial charge in [0, 0.05) is 25.5 Å². The van der Waals surface area contributed by atoms with Crippen molar-refractivity contribution in [2.45, 2.75) is 44.3 Å². The number of para-hydroxylation sites is 2. The van der Waals surface area contributed by atoms with Crippen LogP contribution in [-0.4, -0.2) is 35.2 Å². The number of Topliss-reactive ketones (excluding diaryl/α,β-unsaturated/α-hetero) is 1. The lowest BCUT2D eigenvalue weighted by Gasteiger charge is -2.20. The minimum Gasteiger partial charge on any atom is -0.328 e. The maximum absolute atomic E-state index is 13.4. The maximum Gasteiger partial charge on any atom is 0.263 e. The number of carbonyl (C=O) groups excluding carboxylic acids is 1. The zero-order chi connectivity index (χ0) is 24.0. The lowest BCUT2D eigenvalue weighted by atomic mass is 10.2. The van der Waals surface area contributed by atoms with Crippen LogP contribution < -0.4 is 15.4 Å². The van der Waals surface area contributed by atoms with E-state index >= 15 is 0 Å². The topological polar surface area (TPSA) is 82.2 Å². The Morgan fingerprint density at radius 2 is 1.91 bits per heavy atom. The number of rotatable bonds is 6. The van der Waals surface area contributed by atoms with Gasteiger partial charge in [-0.25, -0.2) is 4.98 Å². The molecular formula is C25H25N5O2S2. The van der Waals surface area contributed by atoms with E-state index in [1.54, 1.807) is 15.9 Å². The molecule has 1 aliphatic carbocycles. The number of carbonyl (C=O) groups is 1. The Bertz CT molecular complexity index is 1410. The number of hydrogen-bond acceptors (Lipinski definition) is 8. The summed E-state index contributed by atoms with van der Waals surface area (Å²) in [5.74, 6) is 0.329. The fourth-order valence-electron chi connectivity index (χ4n) is 4.85. The molecule has 9 heteroatoms. The summed E-state index contributed by atoms with van der Waals surface area (Å²) in [5, 5.41) is 11.2. The second kappa shape index (κ2) is 8.93. The number of anilines is 2. The third kappa shape index (κ3) is 3.53. The van der Waals surface area contributed by atoms with Crippen LogP contribution in [0.1, 0.15) is 30.2 Å². The summed E-state index contributed by atoms with van der Waals surface area (Å²) < 4.78 is 1.70. The number of aryl methyl sites for hydroxylation is 2. The molecule has 34 heavy (non-hydrogen) atoms. The number of fused-ring (bicyclic) bond motifs is 4. The minimum atomic E-state index is -0.278. The van der Waals surface area contributed by atoms with Crippen molar-refractivity contribution >= 4 is 50.5 Å². The third-order valence-corrected chi connectivity index (χ3v) is 8.59. The molecule has 2 aromatic heterocycles. The van der Waals surface area contributed by atoms with Gasteiger partial charge >= 0.3 is 0 Å². The van der Waals surface area contributed by atoms with E-state index in [-0.39, 0.29) is 22.7 Å². The Kier molecular flexibility index (Phi) is 5.96. The number of thiophene rings is 1. The molecule has 0 N–H and O–H groups in total. The highest BCUT2D eigenvalue weighted by molar-refractivity contribution is 7.99. The summed E-state index contributed by atoms with van der Waals surface area (Å²) in [7, 11) is 3.72. The molecule has 0 unspecified atom stereocenters. The zero-order valence-electron chi connectivity index (χ0n) is 19.4. The Labute approximate surface area is 206 Å². The Hall–Kier alpha value is -3.09. The molecule has 0 fully saturated rings. The number of ketones is 1. The van der Waals surface area contributed by atoms with Gasteiger partial charge in [-0.1, -0.05) is 30.8 Å². The van der Waals surface area contributed by atoms with Gasteiger partial charge < -0.3 is 9.80 Å². The first-order chi connectivity index (χ1) is 16.5. The standard InChI is InChI=1S/C25H25N5O2S2/c1-4-12-30-24(32)21-15-8-7-11-20(15)34-22(21)27-25(30)33-14-19(31)16(13-26)23-28(2)17-9-5-6-10-18(17)29(23)3/h5-6,9-10H,4,7-8,11-12,14H2,1-3H3. The van der Waals surface area contributed by atoms with Gasteiger partial charge in [0.2, 0.25) is 0 Å². The SMILES string of the molecule is CCCn1c(SCC(=O)C(C#N)=C2N(C)c3ccccc3N2C)nc2sc3c(c2c1=O)CCC3. The quantitative estimate of drug-likeness (QED) is 0.220. The molecule has 3 aromatic rings. The molecule has 0 radical (unpaired) electrons. The molecule has 3 heterocycles. The fraction of sp³-hybridized carbons (Fsp3) is 0.360.